The van der Waals surface area contributed by atoms with Crippen LogP contribution in [0.15, 0.2) is 17.3 Å². The highest BCUT2D eigenvalue weighted by Gasteiger charge is 1.99. The molecule has 148 valence electrons. The molecule has 25 heavy (non-hydrogen) atoms. The Labute approximate surface area is 164 Å². The number of hydrogen-bond donors (Lipinski definition) is 0. The van der Waals surface area contributed by atoms with Crippen molar-refractivity contribution >= 4 is 18.6 Å². The van der Waals surface area contributed by atoms with E-state index >= 15 is 0 Å². The summed E-state index contributed by atoms with van der Waals surface area (Å²) in [5, 5.41) is 0. The van der Waals surface area contributed by atoms with E-state index in [4.69, 9.17) is 0 Å². The second-order valence-electron chi connectivity index (χ2n) is 7.43. The molecule has 0 amide bonds. The first-order valence-corrected chi connectivity index (χ1v) is 10.8. The third-order valence-corrected chi connectivity index (χ3v) is 5.05. The quantitative estimate of drug-likeness (QED) is 0.241. The van der Waals surface area contributed by atoms with Gasteiger partial charge in [-0.3, -0.25) is 4.99 Å². The zero-order chi connectivity index (χ0) is 17.1. The Morgan fingerprint density at radius 1 is 0.680 bits per heavy atom. The molecule has 0 aliphatic carbocycles. The Hall–Kier alpha value is -0.500. The number of halogens is 1. The SMILES string of the molecule is CCCCCCCCCCCCCCCCCCN1C=CC=NC1.Cl. The van der Waals surface area contributed by atoms with Crippen molar-refractivity contribution in [2.75, 3.05) is 13.2 Å². The maximum absolute atomic E-state index is 4.26. The van der Waals surface area contributed by atoms with Crippen LogP contribution in [0.25, 0.3) is 0 Å². The summed E-state index contributed by atoms with van der Waals surface area (Å²) < 4.78 is 0. The molecule has 0 saturated carbocycles. The fourth-order valence-electron chi connectivity index (χ4n) is 3.43. The molecule has 0 N–H and O–H groups in total. The number of unbranched alkanes of at least 4 members (excludes halogenated alkanes) is 15. The standard InChI is InChI=1S/C22H42N2.ClH/c1-2-3-4-5-6-7-8-9-10-11-12-13-14-15-16-17-20-24-21-18-19-23-22-24;/h18-19,21H,2-17,20,22H2,1H3;1H. The van der Waals surface area contributed by atoms with Crippen LogP contribution in [-0.2, 0) is 0 Å². The van der Waals surface area contributed by atoms with Crippen LogP contribution < -0.4 is 0 Å². The minimum atomic E-state index is 0. The predicted molar refractivity (Wildman–Crippen MR) is 116 cm³/mol. The van der Waals surface area contributed by atoms with Crippen LogP contribution in [-0.4, -0.2) is 24.3 Å². The lowest BCUT2D eigenvalue weighted by Crippen LogP contribution is -2.20. The molecule has 0 atom stereocenters. The summed E-state index contributed by atoms with van der Waals surface area (Å²) in [5.74, 6) is 0. The van der Waals surface area contributed by atoms with Gasteiger partial charge in [0.1, 0.15) is 6.67 Å². The van der Waals surface area contributed by atoms with Gasteiger partial charge in [-0.25, -0.2) is 0 Å². The summed E-state index contributed by atoms with van der Waals surface area (Å²) >= 11 is 0. The maximum Gasteiger partial charge on any atom is 0.109 e. The second-order valence-corrected chi connectivity index (χ2v) is 7.43. The molecule has 1 heterocycles. The third-order valence-electron chi connectivity index (χ3n) is 5.05. The number of hydrogen-bond acceptors (Lipinski definition) is 2. The van der Waals surface area contributed by atoms with Crippen molar-refractivity contribution in [3.8, 4) is 0 Å². The fourth-order valence-corrected chi connectivity index (χ4v) is 3.43. The molecular weight excluding hydrogens is 328 g/mol. The van der Waals surface area contributed by atoms with Crippen molar-refractivity contribution in [2.45, 2.75) is 110 Å². The smallest absolute Gasteiger partial charge is 0.109 e. The van der Waals surface area contributed by atoms with Crippen molar-refractivity contribution in [1.82, 2.24) is 4.90 Å². The van der Waals surface area contributed by atoms with Crippen LogP contribution in [0.4, 0.5) is 0 Å². The predicted octanol–water partition coefficient (Wildman–Crippen LogP) is 7.53. The van der Waals surface area contributed by atoms with Crippen LogP contribution in [0.5, 0.6) is 0 Å². The van der Waals surface area contributed by atoms with Gasteiger partial charge in [0.25, 0.3) is 0 Å². The molecular formula is C22H43ClN2. The van der Waals surface area contributed by atoms with Gasteiger partial charge in [-0.1, -0.05) is 103 Å². The van der Waals surface area contributed by atoms with E-state index in [0.717, 1.165) is 6.67 Å². The van der Waals surface area contributed by atoms with Gasteiger partial charge in [-0.05, 0) is 12.5 Å². The van der Waals surface area contributed by atoms with Gasteiger partial charge in [-0.2, -0.15) is 0 Å². The molecule has 0 spiro atoms. The Morgan fingerprint density at radius 2 is 1.12 bits per heavy atom. The molecule has 0 fully saturated rings. The minimum absolute atomic E-state index is 0. The minimum Gasteiger partial charge on any atom is -0.358 e. The number of rotatable bonds is 17. The van der Waals surface area contributed by atoms with Crippen LogP contribution >= 0.6 is 12.4 Å². The molecule has 0 radical (unpaired) electrons. The van der Waals surface area contributed by atoms with Gasteiger partial charge < -0.3 is 4.90 Å². The fraction of sp³-hybridized carbons (Fsp3) is 0.864. The first-order valence-electron chi connectivity index (χ1n) is 10.8. The molecule has 1 aliphatic rings. The second kappa shape index (κ2) is 19.8. The van der Waals surface area contributed by atoms with Crippen molar-refractivity contribution in [2.24, 2.45) is 4.99 Å². The lowest BCUT2D eigenvalue weighted by molar-refractivity contribution is 0.370. The molecule has 2 nitrogen and oxygen atoms in total. The van der Waals surface area contributed by atoms with E-state index in [1.165, 1.54) is 109 Å². The molecule has 1 aliphatic heterocycles. The highest BCUT2D eigenvalue weighted by Crippen LogP contribution is 2.13. The monoisotopic (exact) mass is 370 g/mol. The average Bonchev–Trinajstić information content (AvgIpc) is 2.62. The molecule has 0 aromatic carbocycles. The van der Waals surface area contributed by atoms with Crippen LogP contribution in [0.1, 0.15) is 110 Å². The van der Waals surface area contributed by atoms with Gasteiger partial charge in [-0.15, -0.1) is 12.4 Å². The van der Waals surface area contributed by atoms with Crippen molar-refractivity contribution in [3.05, 3.63) is 12.3 Å². The Balaban J connectivity index is 0.00000576. The van der Waals surface area contributed by atoms with Gasteiger partial charge in [0.15, 0.2) is 0 Å². The van der Waals surface area contributed by atoms with Gasteiger partial charge >= 0.3 is 0 Å². The molecule has 3 heteroatoms. The lowest BCUT2D eigenvalue weighted by atomic mass is 10.0. The first kappa shape index (κ1) is 24.5. The molecule has 0 aromatic heterocycles. The summed E-state index contributed by atoms with van der Waals surface area (Å²) in [6.07, 6.45) is 29.1. The molecule has 0 saturated heterocycles. The Morgan fingerprint density at radius 3 is 1.52 bits per heavy atom. The molecule has 0 aromatic rings. The molecule has 0 unspecified atom stereocenters. The van der Waals surface area contributed by atoms with E-state index in [2.05, 4.69) is 23.0 Å². The van der Waals surface area contributed by atoms with E-state index in [-0.39, 0.29) is 12.4 Å². The van der Waals surface area contributed by atoms with E-state index in [1.54, 1.807) is 0 Å². The number of allylic oxidation sites excluding steroid dienone is 1. The highest BCUT2D eigenvalue weighted by molar-refractivity contribution is 5.85. The summed E-state index contributed by atoms with van der Waals surface area (Å²) in [5.41, 5.74) is 0. The zero-order valence-corrected chi connectivity index (χ0v) is 17.6. The highest BCUT2D eigenvalue weighted by atomic mass is 35.5. The largest absolute Gasteiger partial charge is 0.358 e. The maximum atomic E-state index is 4.26. The van der Waals surface area contributed by atoms with Gasteiger partial charge in [0.05, 0.1) is 0 Å². The van der Waals surface area contributed by atoms with E-state index in [0.29, 0.717) is 0 Å². The van der Waals surface area contributed by atoms with Crippen LogP contribution in [0, 0.1) is 0 Å². The summed E-state index contributed by atoms with van der Waals surface area (Å²) in [6, 6.07) is 0. The third kappa shape index (κ3) is 16.7. The molecule has 1 rings (SSSR count). The van der Waals surface area contributed by atoms with Gasteiger partial charge in [0, 0.05) is 19.0 Å². The average molecular weight is 371 g/mol. The number of nitrogens with zero attached hydrogens (tertiary/aromatic N) is 2. The van der Waals surface area contributed by atoms with Crippen molar-refractivity contribution in [3.63, 3.8) is 0 Å². The topological polar surface area (TPSA) is 15.6 Å². The lowest BCUT2D eigenvalue weighted by Gasteiger charge is -2.19. The Kier molecular flexibility index (Phi) is 19.4. The zero-order valence-electron chi connectivity index (χ0n) is 16.8. The summed E-state index contributed by atoms with van der Waals surface area (Å²) in [4.78, 5) is 6.57. The number of aliphatic imine (C=N–C) groups is 1. The first-order chi connectivity index (χ1) is 11.9. The Bertz CT molecular complexity index is 315. The normalized spacial score (nSPS) is 13.2. The summed E-state index contributed by atoms with van der Waals surface area (Å²) in [7, 11) is 0. The summed E-state index contributed by atoms with van der Waals surface area (Å²) in [6.45, 7) is 4.32. The van der Waals surface area contributed by atoms with Crippen LogP contribution in [0.2, 0.25) is 0 Å². The van der Waals surface area contributed by atoms with E-state index in [1.807, 2.05) is 12.3 Å². The van der Waals surface area contributed by atoms with E-state index in [9.17, 15) is 0 Å². The van der Waals surface area contributed by atoms with Crippen molar-refractivity contribution < 1.29 is 0 Å². The molecule has 0 bridgehead atoms. The van der Waals surface area contributed by atoms with Gasteiger partial charge in [0.2, 0.25) is 0 Å². The van der Waals surface area contributed by atoms with Crippen LogP contribution in [0.3, 0.4) is 0 Å². The van der Waals surface area contributed by atoms with E-state index < -0.39 is 0 Å². The van der Waals surface area contributed by atoms with Crippen molar-refractivity contribution in [1.29, 1.82) is 0 Å².